The predicted octanol–water partition coefficient (Wildman–Crippen LogP) is 6.55. The minimum atomic E-state index is 0.0726. The maximum Gasteiger partial charge on any atom is 0.294 e. The highest BCUT2D eigenvalue weighted by molar-refractivity contribution is 5.66. The van der Waals surface area contributed by atoms with Gasteiger partial charge in [0.15, 0.2) is 0 Å². The van der Waals surface area contributed by atoms with Gasteiger partial charge in [-0.3, -0.25) is 0 Å². The topological polar surface area (TPSA) is 8.81 Å². The molecule has 0 amide bonds. The van der Waals surface area contributed by atoms with E-state index >= 15 is 0 Å². The van der Waals surface area contributed by atoms with Gasteiger partial charge in [0.25, 0.3) is 5.82 Å². The Morgan fingerprint density at radius 1 is 0.897 bits per heavy atom. The lowest BCUT2D eigenvalue weighted by molar-refractivity contribution is -0.768. The van der Waals surface area contributed by atoms with Gasteiger partial charge in [-0.15, -0.1) is 0 Å². The first kappa shape index (κ1) is 19.9. The van der Waals surface area contributed by atoms with Crippen molar-refractivity contribution in [2.45, 2.75) is 78.7 Å². The summed E-state index contributed by atoms with van der Waals surface area (Å²) in [6, 6.07) is 13.7. The Morgan fingerprint density at radius 2 is 1.52 bits per heavy atom. The molecule has 29 heavy (non-hydrogen) atoms. The molecular formula is C27H35N2+. The van der Waals surface area contributed by atoms with Crippen LogP contribution in [0.4, 0.5) is 0 Å². The van der Waals surface area contributed by atoms with Crippen LogP contribution in [0.25, 0.3) is 17.1 Å². The average molecular weight is 388 g/mol. The van der Waals surface area contributed by atoms with Crippen molar-refractivity contribution in [3.63, 3.8) is 0 Å². The van der Waals surface area contributed by atoms with Gasteiger partial charge in [-0.2, -0.15) is 4.57 Å². The van der Waals surface area contributed by atoms with Gasteiger partial charge in [0.1, 0.15) is 23.6 Å². The Hall–Kier alpha value is -2.35. The summed E-state index contributed by atoms with van der Waals surface area (Å²) in [4.78, 5) is 0. The van der Waals surface area contributed by atoms with E-state index < -0.39 is 0 Å². The molecule has 1 atom stereocenters. The van der Waals surface area contributed by atoms with Crippen molar-refractivity contribution < 1.29 is 4.57 Å². The lowest BCUT2D eigenvalue weighted by Crippen LogP contribution is -2.68. The number of rotatable bonds is 4. The first-order valence-corrected chi connectivity index (χ1v) is 11.2. The number of fused-ring (bicyclic) bond motifs is 3. The van der Waals surface area contributed by atoms with Crippen LogP contribution >= 0.6 is 0 Å². The molecule has 1 unspecified atom stereocenters. The first-order chi connectivity index (χ1) is 13.8. The highest BCUT2D eigenvalue weighted by atomic mass is 15.2. The lowest BCUT2D eigenvalue weighted by atomic mass is 9.59. The molecule has 4 rings (SSSR count). The van der Waals surface area contributed by atoms with Gasteiger partial charge in [0.05, 0.1) is 5.56 Å². The van der Waals surface area contributed by atoms with E-state index in [1.165, 1.54) is 39.3 Å². The monoisotopic (exact) mass is 387 g/mol. The van der Waals surface area contributed by atoms with E-state index in [4.69, 9.17) is 0 Å². The first-order valence-electron chi connectivity index (χ1n) is 11.2. The zero-order valence-corrected chi connectivity index (χ0v) is 19.1. The molecule has 1 aliphatic heterocycles. The minimum Gasteiger partial charge on any atom is -0.223 e. The second kappa shape index (κ2) is 6.86. The van der Waals surface area contributed by atoms with Crippen molar-refractivity contribution in [1.29, 1.82) is 0 Å². The Kier molecular flexibility index (Phi) is 4.72. The molecule has 0 aliphatic carbocycles. The van der Waals surface area contributed by atoms with Crippen LogP contribution in [0.15, 0.2) is 48.8 Å². The summed E-state index contributed by atoms with van der Waals surface area (Å²) < 4.78 is 5.05. The second-order valence-corrected chi connectivity index (χ2v) is 9.08. The second-order valence-electron chi connectivity index (χ2n) is 9.08. The molecule has 0 bridgehead atoms. The van der Waals surface area contributed by atoms with Crippen molar-refractivity contribution >= 4 is 0 Å². The van der Waals surface area contributed by atoms with Gasteiger partial charge < -0.3 is 0 Å². The molecule has 0 N–H and O–H groups in total. The maximum absolute atomic E-state index is 2.61. The quantitative estimate of drug-likeness (QED) is 0.449. The minimum absolute atomic E-state index is 0.0726. The number of imidazole rings is 1. The van der Waals surface area contributed by atoms with E-state index in [1.807, 2.05) is 0 Å². The molecule has 2 nitrogen and oxygen atoms in total. The van der Waals surface area contributed by atoms with E-state index in [1.54, 1.807) is 0 Å². The normalized spacial score (nSPS) is 19.7. The van der Waals surface area contributed by atoms with Gasteiger partial charge in [-0.25, -0.2) is 4.57 Å². The van der Waals surface area contributed by atoms with E-state index in [2.05, 4.69) is 106 Å². The summed E-state index contributed by atoms with van der Waals surface area (Å²) in [6.07, 6.45) is 8.00. The van der Waals surface area contributed by atoms with Crippen LogP contribution in [-0.2, 0) is 11.0 Å². The van der Waals surface area contributed by atoms with E-state index in [-0.39, 0.29) is 11.0 Å². The number of aryl methyl sites for hydroxylation is 3. The zero-order chi connectivity index (χ0) is 21.0. The number of benzene rings is 2. The molecule has 2 heteroatoms. The van der Waals surface area contributed by atoms with Crippen molar-refractivity contribution in [2.75, 3.05) is 0 Å². The third-order valence-electron chi connectivity index (χ3n) is 7.83. The molecule has 1 aromatic heterocycles. The Balaban J connectivity index is 2.12. The number of hydrogen-bond acceptors (Lipinski definition) is 0. The van der Waals surface area contributed by atoms with E-state index in [0.29, 0.717) is 0 Å². The van der Waals surface area contributed by atoms with E-state index in [0.717, 1.165) is 19.3 Å². The largest absolute Gasteiger partial charge is 0.294 e. The van der Waals surface area contributed by atoms with E-state index in [9.17, 15) is 0 Å². The molecule has 1 aliphatic rings. The summed E-state index contributed by atoms with van der Waals surface area (Å²) in [5, 5.41) is 0. The Bertz CT molecular complexity index is 1040. The van der Waals surface area contributed by atoms with Crippen LogP contribution in [0, 0.1) is 20.8 Å². The lowest BCUT2D eigenvalue weighted by Gasteiger charge is -2.49. The summed E-state index contributed by atoms with van der Waals surface area (Å²) >= 11 is 0. The van der Waals surface area contributed by atoms with Crippen LogP contribution in [0.3, 0.4) is 0 Å². The highest BCUT2D eigenvalue weighted by Crippen LogP contribution is 2.51. The van der Waals surface area contributed by atoms with Gasteiger partial charge in [0.2, 0.25) is 0 Å². The average Bonchev–Trinajstić information content (AvgIpc) is 3.13. The molecule has 0 saturated heterocycles. The summed E-state index contributed by atoms with van der Waals surface area (Å²) in [5.74, 6) is 1.32. The van der Waals surface area contributed by atoms with Crippen LogP contribution < -0.4 is 4.57 Å². The molecule has 0 radical (unpaired) electrons. The van der Waals surface area contributed by atoms with Gasteiger partial charge >= 0.3 is 0 Å². The SMILES string of the molecule is CCC1(C)c2ccccc2-c2n(-c3c(C)cc(C)cc3C)cc[n+]2C1(CC)CC. The van der Waals surface area contributed by atoms with Crippen LogP contribution in [0.5, 0.6) is 0 Å². The molecule has 152 valence electrons. The van der Waals surface area contributed by atoms with Crippen molar-refractivity contribution in [3.8, 4) is 17.1 Å². The number of hydrogen-bond donors (Lipinski definition) is 0. The van der Waals surface area contributed by atoms with Gasteiger partial charge in [0, 0.05) is 5.41 Å². The van der Waals surface area contributed by atoms with Crippen molar-refractivity contribution in [2.24, 2.45) is 0 Å². The zero-order valence-electron chi connectivity index (χ0n) is 19.1. The maximum atomic E-state index is 2.61. The van der Waals surface area contributed by atoms with Gasteiger partial charge in [-0.1, -0.05) is 63.6 Å². The van der Waals surface area contributed by atoms with Crippen LogP contribution in [0.1, 0.15) is 69.2 Å². The molecule has 3 aromatic rings. The van der Waals surface area contributed by atoms with Crippen LogP contribution in [0.2, 0.25) is 0 Å². The van der Waals surface area contributed by atoms with Crippen LogP contribution in [-0.4, -0.2) is 4.57 Å². The Labute approximate surface area is 176 Å². The third kappa shape index (κ3) is 2.51. The molecular weight excluding hydrogens is 352 g/mol. The smallest absolute Gasteiger partial charge is 0.223 e. The van der Waals surface area contributed by atoms with Crippen molar-refractivity contribution in [3.05, 3.63) is 71.0 Å². The number of nitrogens with zero attached hydrogens (tertiary/aromatic N) is 2. The highest BCUT2D eigenvalue weighted by Gasteiger charge is 2.56. The summed E-state index contributed by atoms with van der Waals surface area (Å²) in [7, 11) is 0. The third-order valence-corrected chi connectivity index (χ3v) is 7.83. The predicted molar refractivity (Wildman–Crippen MR) is 122 cm³/mol. The molecule has 0 spiro atoms. The number of aromatic nitrogens is 2. The van der Waals surface area contributed by atoms with Gasteiger partial charge in [-0.05, 0) is 62.8 Å². The molecule has 2 aromatic carbocycles. The standard InChI is InChI=1S/C27H35N2/c1-8-26(7)23-14-12-11-13-22(23)25-28(15-16-29(25)27(26,9-2)10-3)24-20(5)17-19(4)18-21(24)6/h11-18H,8-10H2,1-7H3/q+1. The molecule has 2 heterocycles. The fourth-order valence-electron chi connectivity index (χ4n) is 6.29. The summed E-state index contributed by atoms with van der Waals surface area (Å²) in [5.41, 5.74) is 8.36. The fraction of sp³-hybridized carbons (Fsp3) is 0.444. The molecule has 0 saturated carbocycles. The fourth-order valence-corrected chi connectivity index (χ4v) is 6.29. The Morgan fingerprint density at radius 3 is 2.10 bits per heavy atom. The summed E-state index contributed by atoms with van der Waals surface area (Å²) in [6.45, 7) is 16.2. The molecule has 0 fully saturated rings. The van der Waals surface area contributed by atoms with Crippen molar-refractivity contribution in [1.82, 2.24) is 4.57 Å².